The van der Waals surface area contributed by atoms with Crippen LogP contribution in [0.2, 0.25) is 0 Å². The zero-order valence-corrected chi connectivity index (χ0v) is 16.9. The van der Waals surface area contributed by atoms with Crippen molar-refractivity contribution in [3.63, 3.8) is 0 Å². The largest absolute Gasteiger partial charge is 0.497 e. The van der Waals surface area contributed by atoms with Gasteiger partial charge in [-0.25, -0.2) is 4.68 Å². The van der Waals surface area contributed by atoms with Crippen molar-refractivity contribution in [2.45, 2.75) is 19.3 Å². The molecule has 1 N–H and O–H groups in total. The predicted molar refractivity (Wildman–Crippen MR) is 108 cm³/mol. The number of ether oxygens (including phenoxy) is 4. The molecule has 9 heteroatoms. The van der Waals surface area contributed by atoms with Crippen LogP contribution in [-0.2, 0) is 17.9 Å². The van der Waals surface area contributed by atoms with Crippen molar-refractivity contribution in [3.05, 3.63) is 59.4 Å². The minimum Gasteiger partial charge on any atom is -0.497 e. The Morgan fingerprint density at radius 1 is 1.03 bits per heavy atom. The number of rotatable bonds is 6. The fourth-order valence-corrected chi connectivity index (χ4v) is 3.28. The Hall–Kier alpha value is -3.59. The number of nitrogens with zero attached hydrogens (tertiary/aromatic N) is 3. The fraction of sp³-hybridized carbons (Fsp3) is 0.286. The highest BCUT2D eigenvalue weighted by atomic mass is 16.5. The van der Waals surface area contributed by atoms with Crippen molar-refractivity contribution >= 4 is 11.6 Å². The molecule has 156 valence electrons. The fourth-order valence-electron chi connectivity index (χ4n) is 3.28. The van der Waals surface area contributed by atoms with E-state index in [-0.39, 0.29) is 24.3 Å². The second-order valence-corrected chi connectivity index (χ2v) is 6.70. The Balaban J connectivity index is 1.50. The lowest BCUT2D eigenvalue weighted by Gasteiger charge is -2.24. The van der Waals surface area contributed by atoms with Crippen LogP contribution in [-0.4, -0.2) is 42.2 Å². The SMILES string of the molecule is COc1ccc([C@@H]2Cn3nnc(C(=O)Nc4cc(OC)cc(OC)c4)c3CO2)cc1. The molecule has 0 spiro atoms. The van der Waals surface area contributed by atoms with Crippen LogP contribution in [0.3, 0.4) is 0 Å². The van der Waals surface area contributed by atoms with Gasteiger partial charge in [0.2, 0.25) is 0 Å². The molecule has 1 aliphatic heterocycles. The van der Waals surface area contributed by atoms with Gasteiger partial charge in [-0.05, 0) is 17.7 Å². The summed E-state index contributed by atoms with van der Waals surface area (Å²) in [6.07, 6.45) is -0.177. The van der Waals surface area contributed by atoms with Crippen LogP contribution in [0.15, 0.2) is 42.5 Å². The van der Waals surface area contributed by atoms with Gasteiger partial charge in [0.05, 0.1) is 40.2 Å². The van der Waals surface area contributed by atoms with Crippen molar-refractivity contribution in [1.82, 2.24) is 15.0 Å². The van der Waals surface area contributed by atoms with E-state index in [1.807, 2.05) is 24.3 Å². The van der Waals surface area contributed by atoms with Crippen LogP contribution in [0, 0.1) is 0 Å². The van der Waals surface area contributed by atoms with Crippen molar-refractivity contribution in [1.29, 1.82) is 0 Å². The van der Waals surface area contributed by atoms with Crippen molar-refractivity contribution in [2.75, 3.05) is 26.6 Å². The van der Waals surface area contributed by atoms with Crippen LogP contribution >= 0.6 is 0 Å². The molecule has 1 atom stereocenters. The molecule has 0 bridgehead atoms. The molecule has 0 unspecified atom stereocenters. The van der Waals surface area contributed by atoms with Gasteiger partial charge in [-0.15, -0.1) is 5.10 Å². The molecule has 1 aliphatic rings. The van der Waals surface area contributed by atoms with E-state index >= 15 is 0 Å². The van der Waals surface area contributed by atoms with Crippen LogP contribution < -0.4 is 19.5 Å². The molecule has 0 aliphatic carbocycles. The van der Waals surface area contributed by atoms with Crippen molar-refractivity contribution < 1.29 is 23.7 Å². The average molecular weight is 410 g/mol. The van der Waals surface area contributed by atoms with Gasteiger partial charge in [0, 0.05) is 23.9 Å². The minimum absolute atomic E-state index is 0.177. The van der Waals surface area contributed by atoms with Gasteiger partial charge in [0.1, 0.15) is 23.4 Å². The number of aromatic nitrogens is 3. The first-order chi connectivity index (χ1) is 14.6. The van der Waals surface area contributed by atoms with Gasteiger partial charge in [-0.2, -0.15) is 0 Å². The first-order valence-electron chi connectivity index (χ1n) is 9.33. The minimum atomic E-state index is -0.377. The molecular weight excluding hydrogens is 388 g/mol. The molecule has 0 radical (unpaired) electrons. The topological polar surface area (TPSA) is 96.7 Å². The molecule has 0 fully saturated rings. The van der Waals surface area contributed by atoms with Crippen LogP contribution in [0.5, 0.6) is 17.2 Å². The number of hydrogen-bond donors (Lipinski definition) is 1. The Bertz CT molecular complexity index is 1030. The number of benzene rings is 2. The molecule has 0 saturated heterocycles. The lowest BCUT2D eigenvalue weighted by Crippen LogP contribution is -2.24. The molecule has 3 aromatic rings. The van der Waals surface area contributed by atoms with E-state index in [1.165, 1.54) is 0 Å². The maximum Gasteiger partial charge on any atom is 0.278 e. The smallest absolute Gasteiger partial charge is 0.278 e. The Morgan fingerprint density at radius 2 is 1.70 bits per heavy atom. The lowest BCUT2D eigenvalue weighted by atomic mass is 10.1. The summed E-state index contributed by atoms with van der Waals surface area (Å²) in [5.41, 5.74) is 2.40. The van der Waals surface area contributed by atoms with Gasteiger partial charge < -0.3 is 24.3 Å². The van der Waals surface area contributed by atoms with Crippen molar-refractivity contribution in [2.24, 2.45) is 0 Å². The summed E-state index contributed by atoms with van der Waals surface area (Å²) < 4.78 is 23.3. The first kappa shape index (κ1) is 19.7. The molecule has 1 amide bonds. The highest BCUT2D eigenvalue weighted by Crippen LogP contribution is 2.29. The second kappa shape index (κ2) is 8.42. The summed E-state index contributed by atoms with van der Waals surface area (Å²) in [5, 5.41) is 11.0. The van der Waals surface area contributed by atoms with E-state index in [0.29, 0.717) is 29.4 Å². The zero-order chi connectivity index (χ0) is 21.1. The normalized spacial score (nSPS) is 15.2. The standard InChI is InChI=1S/C21H22N4O5/c1-27-15-6-4-13(5-7-15)19-11-25-18(12-30-19)20(23-24-25)21(26)22-14-8-16(28-2)10-17(9-14)29-3/h4-10,19H,11-12H2,1-3H3,(H,22,26)/t19-/m0/s1. The van der Waals surface area contributed by atoms with E-state index < -0.39 is 0 Å². The van der Waals surface area contributed by atoms with E-state index in [9.17, 15) is 4.79 Å². The summed E-state index contributed by atoms with van der Waals surface area (Å²) in [7, 11) is 4.72. The number of amides is 1. The number of carbonyl (C=O) groups is 1. The average Bonchev–Trinajstić information content (AvgIpc) is 3.22. The second-order valence-electron chi connectivity index (χ2n) is 6.70. The van der Waals surface area contributed by atoms with E-state index in [4.69, 9.17) is 18.9 Å². The van der Waals surface area contributed by atoms with Gasteiger partial charge in [-0.1, -0.05) is 17.3 Å². The highest BCUT2D eigenvalue weighted by Gasteiger charge is 2.28. The molecule has 0 saturated carbocycles. The summed E-state index contributed by atoms with van der Waals surface area (Å²) in [6.45, 7) is 0.697. The van der Waals surface area contributed by atoms with Crippen LogP contribution in [0.25, 0.3) is 0 Å². The highest BCUT2D eigenvalue weighted by molar-refractivity contribution is 6.03. The molecule has 30 heavy (non-hydrogen) atoms. The lowest BCUT2D eigenvalue weighted by molar-refractivity contribution is -0.00173. The molecule has 2 heterocycles. The van der Waals surface area contributed by atoms with Gasteiger partial charge in [0.15, 0.2) is 5.69 Å². The van der Waals surface area contributed by atoms with Crippen LogP contribution in [0.4, 0.5) is 5.69 Å². The number of methoxy groups -OCH3 is 3. The Kier molecular flexibility index (Phi) is 5.53. The van der Waals surface area contributed by atoms with Crippen molar-refractivity contribution in [3.8, 4) is 17.2 Å². The van der Waals surface area contributed by atoms with Gasteiger partial charge in [0.25, 0.3) is 5.91 Å². The van der Waals surface area contributed by atoms with E-state index in [1.54, 1.807) is 44.2 Å². The maximum atomic E-state index is 12.8. The summed E-state index contributed by atoms with van der Waals surface area (Å²) >= 11 is 0. The number of carbonyl (C=O) groups excluding carboxylic acids is 1. The predicted octanol–water partition coefficient (Wildman–Crippen LogP) is 2.83. The summed E-state index contributed by atoms with van der Waals surface area (Å²) in [6, 6.07) is 12.8. The molecular formula is C21H22N4O5. The summed E-state index contributed by atoms with van der Waals surface area (Å²) in [4.78, 5) is 12.8. The molecule has 2 aromatic carbocycles. The van der Waals surface area contributed by atoms with Gasteiger partial charge >= 0.3 is 0 Å². The maximum absolute atomic E-state index is 12.8. The van der Waals surface area contributed by atoms with E-state index in [2.05, 4.69) is 15.6 Å². The summed E-state index contributed by atoms with van der Waals surface area (Å²) in [5.74, 6) is 1.54. The monoisotopic (exact) mass is 410 g/mol. The number of fused-ring (bicyclic) bond motifs is 1. The number of hydrogen-bond acceptors (Lipinski definition) is 7. The third kappa shape index (κ3) is 3.92. The molecule has 4 rings (SSSR count). The number of nitrogens with one attached hydrogen (secondary N) is 1. The third-order valence-electron chi connectivity index (χ3n) is 4.91. The first-order valence-corrected chi connectivity index (χ1v) is 9.33. The Labute approximate surface area is 173 Å². The number of anilines is 1. The van der Waals surface area contributed by atoms with E-state index in [0.717, 1.165) is 11.3 Å². The zero-order valence-electron chi connectivity index (χ0n) is 16.9. The molecule has 9 nitrogen and oxygen atoms in total. The van der Waals surface area contributed by atoms with Crippen LogP contribution in [0.1, 0.15) is 27.8 Å². The quantitative estimate of drug-likeness (QED) is 0.667. The molecule has 1 aromatic heterocycles. The Morgan fingerprint density at radius 3 is 2.33 bits per heavy atom. The third-order valence-corrected chi connectivity index (χ3v) is 4.91. The van der Waals surface area contributed by atoms with Gasteiger partial charge in [-0.3, -0.25) is 4.79 Å².